The molecule has 0 heterocycles. The van der Waals surface area contributed by atoms with Crippen LogP contribution in [0.4, 0.5) is 0 Å². The molecule has 1 rings (SSSR count). The molecule has 4 nitrogen and oxygen atoms in total. The van der Waals surface area contributed by atoms with E-state index in [1.165, 1.54) is 12.7 Å². The van der Waals surface area contributed by atoms with Crippen LogP contribution >= 0.6 is 0 Å². The van der Waals surface area contributed by atoms with Crippen molar-refractivity contribution in [3.8, 4) is 0 Å². The first-order chi connectivity index (χ1) is 8.31. The number of aliphatic hydroxyl groups is 1. The van der Waals surface area contributed by atoms with Crippen LogP contribution in [0.1, 0.15) is 32.6 Å². The number of aliphatic hydroxyl groups excluding tert-OH is 1. The predicted octanol–water partition coefficient (Wildman–Crippen LogP) is 1.15. The van der Waals surface area contributed by atoms with Gasteiger partial charge in [0.25, 0.3) is 0 Å². The van der Waals surface area contributed by atoms with Gasteiger partial charge in [0.2, 0.25) is 0 Å². The topological polar surface area (TPSA) is 57.6 Å². The van der Waals surface area contributed by atoms with E-state index < -0.39 is 9.84 Å². The van der Waals surface area contributed by atoms with Gasteiger partial charge in [-0.2, -0.15) is 0 Å². The molecular formula is C13H27NO3S. The van der Waals surface area contributed by atoms with E-state index in [1.807, 2.05) is 11.9 Å². The third-order valence-corrected chi connectivity index (χ3v) is 4.94. The van der Waals surface area contributed by atoms with Crippen LogP contribution in [0.15, 0.2) is 0 Å². The lowest BCUT2D eigenvalue weighted by molar-refractivity contribution is 0.0318. The molecule has 5 heteroatoms. The zero-order valence-corrected chi connectivity index (χ0v) is 12.6. The number of hydrogen-bond acceptors (Lipinski definition) is 4. The van der Waals surface area contributed by atoms with Crippen LogP contribution in [0.25, 0.3) is 0 Å². The SMILES string of the molecule is CCC1CCC(O)C(CN(C)CCS(C)(=O)=O)C1. The van der Waals surface area contributed by atoms with Crippen LogP contribution in [0.5, 0.6) is 0 Å². The molecule has 1 saturated carbocycles. The molecule has 0 amide bonds. The Morgan fingerprint density at radius 2 is 2.00 bits per heavy atom. The van der Waals surface area contributed by atoms with Crippen molar-refractivity contribution < 1.29 is 13.5 Å². The summed E-state index contributed by atoms with van der Waals surface area (Å²) in [5.41, 5.74) is 0. The van der Waals surface area contributed by atoms with Gasteiger partial charge in [0.1, 0.15) is 9.84 Å². The number of rotatable bonds is 6. The minimum absolute atomic E-state index is 0.198. The van der Waals surface area contributed by atoms with Crippen LogP contribution in [-0.4, -0.2) is 56.7 Å². The highest BCUT2D eigenvalue weighted by atomic mass is 32.2. The smallest absolute Gasteiger partial charge is 0.148 e. The Morgan fingerprint density at radius 1 is 1.33 bits per heavy atom. The van der Waals surface area contributed by atoms with Crippen molar-refractivity contribution in [1.29, 1.82) is 0 Å². The van der Waals surface area contributed by atoms with Crippen molar-refractivity contribution in [2.75, 3.05) is 32.1 Å². The fraction of sp³-hybridized carbons (Fsp3) is 1.00. The van der Waals surface area contributed by atoms with E-state index in [4.69, 9.17) is 0 Å². The molecule has 0 bridgehead atoms. The molecule has 3 atom stereocenters. The molecule has 0 spiro atoms. The standard InChI is InChI=1S/C13H27NO3S/c1-4-11-5-6-13(15)12(9-11)10-14(2)7-8-18(3,16)17/h11-13,15H,4-10H2,1-3H3. The lowest BCUT2D eigenvalue weighted by Gasteiger charge is -2.35. The fourth-order valence-corrected chi connectivity index (χ4v) is 3.37. The predicted molar refractivity (Wildman–Crippen MR) is 74.3 cm³/mol. The van der Waals surface area contributed by atoms with Crippen molar-refractivity contribution in [3.05, 3.63) is 0 Å². The third-order valence-electron chi connectivity index (χ3n) is 4.02. The first-order valence-electron chi connectivity index (χ1n) is 6.86. The summed E-state index contributed by atoms with van der Waals surface area (Å²) in [6, 6.07) is 0. The van der Waals surface area contributed by atoms with Gasteiger partial charge in [0.05, 0.1) is 11.9 Å². The highest BCUT2D eigenvalue weighted by molar-refractivity contribution is 7.90. The number of sulfone groups is 1. The second-order valence-corrected chi connectivity index (χ2v) is 8.07. The average Bonchev–Trinajstić information content (AvgIpc) is 2.28. The van der Waals surface area contributed by atoms with E-state index in [1.54, 1.807) is 0 Å². The summed E-state index contributed by atoms with van der Waals surface area (Å²) in [6.07, 6.45) is 5.32. The minimum Gasteiger partial charge on any atom is -0.393 e. The van der Waals surface area contributed by atoms with E-state index in [-0.39, 0.29) is 11.9 Å². The summed E-state index contributed by atoms with van der Waals surface area (Å²) in [5, 5.41) is 10.0. The largest absolute Gasteiger partial charge is 0.393 e. The molecule has 0 aromatic carbocycles. The van der Waals surface area contributed by atoms with Crippen LogP contribution < -0.4 is 0 Å². The molecule has 1 aliphatic carbocycles. The molecule has 1 N–H and O–H groups in total. The van der Waals surface area contributed by atoms with Gasteiger partial charge in [-0.05, 0) is 38.1 Å². The van der Waals surface area contributed by atoms with Crippen LogP contribution in [0.2, 0.25) is 0 Å². The maximum atomic E-state index is 11.1. The van der Waals surface area contributed by atoms with Crippen molar-refractivity contribution in [1.82, 2.24) is 4.90 Å². The molecular weight excluding hydrogens is 250 g/mol. The third kappa shape index (κ3) is 5.67. The summed E-state index contributed by atoms with van der Waals surface area (Å²) in [6.45, 7) is 3.55. The normalized spacial score (nSPS) is 29.7. The Labute approximate surface area is 111 Å². The molecule has 3 unspecified atom stereocenters. The van der Waals surface area contributed by atoms with Gasteiger partial charge < -0.3 is 10.0 Å². The molecule has 108 valence electrons. The van der Waals surface area contributed by atoms with Gasteiger partial charge in [0.15, 0.2) is 0 Å². The van der Waals surface area contributed by atoms with E-state index in [2.05, 4.69) is 6.92 Å². The summed E-state index contributed by atoms with van der Waals surface area (Å²) >= 11 is 0. The van der Waals surface area contributed by atoms with Gasteiger partial charge in [-0.1, -0.05) is 13.3 Å². The minimum atomic E-state index is -2.89. The van der Waals surface area contributed by atoms with Gasteiger partial charge >= 0.3 is 0 Å². The van der Waals surface area contributed by atoms with Gasteiger partial charge in [-0.3, -0.25) is 0 Å². The summed E-state index contributed by atoms with van der Waals surface area (Å²) in [5.74, 6) is 1.22. The lowest BCUT2D eigenvalue weighted by Crippen LogP contribution is -2.38. The van der Waals surface area contributed by atoms with E-state index >= 15 is 0 Å². The number of hydrogen-bond donors (Lipinski definition) is 1. The zero-order valence-electron chi connectivity index (χ0n) is 11.8. The average molecular weight is 277 g/mol. The second kappa shape index (κ2) is 6.87. The first kappa shape index (κ1) is 15.9. The molecule has 1 aliphatic rings. The highest BCUT2D eigenvalue weighted by Gasteiger charge is 2.29. The van der Waals surface area contributed by atoms with Crippen molar-refractivity contribution in [2.45, 2.75) is 38.7 Å². The van der Waals surface area contributed by atoms with Crippen LogP contribution in [0.3, 0.4) is 0 Å². The van der Waals surface area contributed by atoms with E-state index in [9.17, 15) is 13.5 Å². The van der Waals surface area contributed by atoms with Crippen LogP contribution in [0, 0.1) is 11.8 Å². The van der Waals surface area contributed by atoms with E-state index in [0.717, 1.165) is 31.7 Å². The first-order valence-corrected chi connectivity index (χ1v) is 8.92. The summed E-state index contributed by atoms with van der Waals surface area (Å²) in [4.78, 5) is 2.03. The Bertz CT molecular complexity index is 342. The van der Waals surface area contributed by atoms with Crippen molar-refractivity contribution in [2.24, 2.45) is 11.8 Å². The zero-order chi connectivity index (χ0) is 13.8. The highest BCUT2D eigenvalue weighted by Crippen LogP contribution is 2.31. The fourth-order valence-electron chi connectivity index (χ4n) is 2.73. The van der Waals surface area contributed by atoms with Gasteiger partial charge in [-0.15, -0.1) is 0 Å². The van der Waals surface area contributed by atoms with Crippen LogP contribution in [-0.2, 0) is 9.84 Å². The maximum Gasteiger partial charge on any atom is 0.148 e. The second-order valence-electron chi connectivity index (χ2n) is 5.81. The Morgan fingerprint density at radius 3 is 2.56 bits per heavy atom. The summed E-state index contributed by atoms with van der Waals surface area (Å²) in [7, 11) is -0.955. The molecule has 0 aliphatic heterocycles. The Kier molecular flexibility index (Phi) is 6.08. The maximum absolute atomic E-state index is 11.1. The monoisotopic (exact) mass is 277 g/mol. The molecule has 18 heavy (non-hydrogen) atoms. The van der Waals surface area contributed by atoms with Gasteiger partial charge in [0, 0.05) is 19.3 Å². The van der Waals surface area contributed by atoms with Crippen molar-refractivity contribution >= 4 is 9.84 Å². The molecule has 0 radical (unpaired) electrons. The Balaban J connectivity index is 2.39. The molecule has 0 saturated heterocycles. The Hall–Kier alpha value is -0.130. The number of nitrogens with zero attached hydrogens (tertiary/aromatic N) is 1. The lowest BCUT2D eigenvalue weighted by atomic mass is 9.78. The van der Waals surface area contributed by atoms with Gasteiger partial charge in [-0.25, -0.2) is 8.42 Å². The van der Waals surface area contributed by atoms with Crippen molar-refractivity contribution in [3.63, 3.8) is 0 Å². The van der Waals surface area contributed by atoms with E-state index in [0.29, 0.717) is 12.5 Å². The molecule has 0 aromatic heterocycles. The molecule has 1 fully saturated rings. The quantitative estimate of drug-likeness (QED) is 0.791. The molecule has 0 aromatic rings. The summed E-state index contributed by atoms with van der Waals surface area (Å²) < 4.78 is 22.2.